The molecule has 0 spiro atoms. The predicted molar refractivity (Wildman–Crippen MR) is 116 cm³/mol. The lowest BCUT2D eigenvalue weighted by Crippen LogP contribution is -2.33. The molecule has 146 valence electrons. The van der Waals surface area contributed by atoms with Crippen LogP contribution < -0.4 is 15.5 Å². The van der Waals surface area contributed by atoms with Crippen LogP contribution in [0.4, 0.5) is 23.0 Å². The minimum Gasteiger partial charge on any atom is -0.377 e. The lowest BCUT2D eigenvalue weighted by Gasteiger charge is -2.34. The quantitative estimate of drug-likeness (QED) is 0.729. The lowest BCUT2D eigenvalue weighted by molar-refractivity contribution is 0.620. The second-order valence-corrected chi connectivity index (χ2v) is 7.68. The molecule has 1 unspecified atom stereocenters. The minimum atomic E-state index is 0.438. The van der Waals surface area contributed by atoms with Crippen molar-refractivity contribution in [1.29, 1.82) is 0 Å². The SMILES string of the molecule is CCCC(CC)Nc1nc(C)nc2c1NCCN2c1c(C)cc(C)cc1C. The van der Waals surface area contributed by atoms with Crippen LogP contribution in [0, 0.1) is 27.7 Å². The summed E-state index contributed by atoms with van der Waals surface area (Å²) in [5, 5.41) is 7.22. The van der Waals surface area contributed by atoms with Gasteiger partial charge in [0.05, 0.1) is 0 Å². The zero-order chi connectivity index (χ0) is 19.6. The normalized spacial score (nSPS) is 14.5. The first-order valence-electron chi connectivity index (χ1n) is 10.2. The van der Waals surface area contributed by atoms with Crippen LogP contribution in [-0.2, 0) is 0 Å². The standard InChI is InChI=1S/C22H33N5/c1-7-9-18(8-2)26-21-19-22(25-17(6)24-21)27(11-10-23-19)20-15(4)12-14(3)13-16(20)5/h12-13,18,23H,7-11H2,1-6H3,(H,24,25,26). The average molecular weight is 368 g/mol. The lowest BCUT2D eigenvalue weighted by atomic mass is 10.0. The monoisotopic (exact) mass is 367 g/mol. The summed E-state index contributed by atoms with van der Waals surface area (Å²) in [5.74, 6) is 2.72. The van der Waals surface area contributed by atoms with Gasteiger partial charge in [-0.25, -0.2) is 9.97 Å². The molecule has 5 heteroatoms. The van der Waals surface area contributed by atoms with E-state index in [9.17, 15) is 0 Å². The van der Waals surface area contributed by atoms with E-state index in [1.807, 2.05) is 6.92 Å². The Hall–Kier alpha value is -2.30. The summed E-state index contributed by atoms with van der Waals surface area (Å²) in [6, 6.07) is 4.95. The van der Waals surface area contributed by atoms with Gasteiger partial charge in [-0.1, -0.05) is 38.0 Å². The van der Waals surface area contributed by atoms with Crippen molar-refractivity contribution >= 4 is 23.0 Å². The first-order valence-corrected chi connectivity index (χ1v) is 10.2. The summed E-state index contributed by atoms with van der Waals surface area (Å²) in [6.07, 6.45) is 3.40. The number of hydrogen-bond acceptors (Lipinski definition) is 5. The Balaban J connectivity index is 2.06. The molecule has 0 bridgehead atoms. The molecule has 2 aromatic rings. The predicted octanol–water partition coefficient (Wildman–Crippen LogP) is 5.26. The van der Waals surface area contributed by atoms with Crippen molar-refractivity contribution in [3.8, 4) is 0 Å². The molecule has 0 radical (unpaired) electrons. The maximum Gasteiger partial charge on any atom is 0.162 e. The molecule has 1 aromatic carbocycles. The number of hydrogen-bond donors (Lipinski definition) is 2. The van der Waals surface area contributed by atoms with Crippen molar-refractivity contribution in [2.75, 3.05) is 28.6 Å². The van der Waals surface area contributed by atoms with E-state index in [4.69, 9.17) is 9.97 Å². The average Bonchev–Trinajstić information content (AvgIpc) is 2.60. The van der Waals surface area contributed by atoms with Crippen LogP contribution in [0.2, 0.25) is 0 Å². The van der Waals surface area contributed by atoms with Gasteiger partial charge in [0.15, 0.2) is 11.6 Å². The molecule has 0 aliphatic carbocycles. The van der Waals surface area contributed by atoms with Gasteiger partial charge in [0.25, 0.3) is 0 Å². The Kier molecular flexibility index (Phi) is 5.88. The van der Waals surface area contributed by atoms with Crippen LogP contribution >= 0.6 is 0 Å². The fourth-order valence-corrected chi connectivity index (χ4v) is 4.15. The second-order valence-electron chi connectivity index (χ2n) is 7.68. The first kappa shape index (κ1) is 19.5. The molecule has 2 heterocycles. The highest BCUT2D eigenvalue weighted by molar-refractivity contribution is 5.85. The van der Waals surface area contributed by atoms with E-state index in [0.717, 1.165) is 49.1 Å². The van der Waals surface area contributed by atoms with Crippen molar-refractivity contribution in [3.63, 3.8) is 0 Å². The summed E-state index contributed by atoms with van der Waals surface area (Å²) < 4.78 is 0. The topological polar surface area (TPSA) is 53.1 Å². The van der Waals surface area contributed by atoms with Gasteiger partial charge in [-0.05, 0) is 51.7 Å². The molecular weight excluding hydrogens is 334 g/mol. The Morgan fingerprint density at radius 2 is 1.81 bits per heavy atom. The Morgan fingerprint density at radius 1 is 1.11 bits per heavy atom. The maximum atomic E-state index is 4.83. The third-order valence-electron chi connectivity index (χ3n) is 5.27. The molecule has 0 fully saturated rings. The van der Waals surface area contributed by atoms with Gasteiger partial charge in [0.2, 0.25) is 0 Å². The number of nitrogens with zero attached hydrogens (tertiary/aromatic N) is 3. The van der Waals surface area contributed by atoms with E-state index in [1.165, 1.54) is 28.8 Å². The molecule has 1 atom stereocenters. The van der Waals surface area contributed by atoms with Crippen LogP contribution in [0.5, 0.6) is 0 Å². The Bertz CT molecular complexity index is 792. The summed E-state index contributed by atoms with van der Waals surface area (Å²) >= 11 is 0. The Labute approximate surface area is 163 Å². The molecule has 1 aliphatic rings. The summed E-state index contributed by atoms with van der Waals surface area (Å²) in [5.41, 5.74) is 6.19. The number of aryl methyl sites for hydroxylation is 4. The maximum absolute atomic E-state index is 4.83. The largest absolute Gasteiger partial charge is 0.377 e. The third-order valence-corrected chi connectivity index (χ3v) is 5.27. The van der Waals surface area contributed by atoms with Gasteiger partial charge in [-0.15, -0.1) is 0 Å². The van der Waals surface area contributed by atoms with E-state index in [1.54, 1.807) is 0 Å². The van der Waals surface area contributed by atoms with E-state index >= 15 is 0 Å². The molecule has 0 saturated heterocycles. The minimum absolute atomic E-state index is 0.438. The molecule has 0 amide bonds. The molecule has 2 N–H and O–H groups in total. The number of aromatic nitrogens is 2. The van der Waals surface area contributed by atoms with E-state index < -0.39 is 0 Å². The first-order chi connectivity index (χ1) is 12.9. The van der Waals surface area contributed by atoms with E-state index in [-0.39, 0.29) is 0 Å². The summed E-state index contributed by atoms with van der Waals surface area (Å²) in [6.45, 7) is 14.8. The van der Waals surface area contributed by atoms with Crippen LogP contribution in [0.1, 0.15) is 55.6 Å². The number of anilines is 4. The fourth-order valence-electron chi connectivity index (χ4n) is 4.15. The zero-order valence-corrected chi connectivity index (χ0v) is 17.6. The van der Waals surface area contributed by atoms with Gasteiger partial charge in [0, 0.05) is 24.8 Å². The number of fused-ring (bicyclic) bond motifs is 1. The van der Waals surface area contributed by atoms with E-state index in [2.05, 4.69) is 62.3 Å². The van der Waals surface area contributed by atoms with Crippen molar-refractivity contribution in [2.45, 2.75) is 66.8 Å². The third kappa shape index (κ3) is 4.02. The van der Waals surface area contributed by atoms with Crippen LogP contribution in [-0.4, -0.2) is 29.1 Å². The summed E-state index contributed by atoms with van der Waals surface area (Å²) in [4.78, 5) is 11.9. The number of rotatable bonds is 6. The molecule has 27 heavy (non-hydrogen) atoms. The molecule has 5 nitrogen and oxygen atoms in total. The molecule has 3 rings (SSSR count). The second kappa shape index (κ2) is 8.15. The van der Waals surface area contributed by atoms with Crippen molar-refractivity contribution in [1.82, 2.24) is 9.97 Å². The van der Waals surface area contributed by atoms with Crippen molar-refractivity contribution < 1.29 is 0 Å². The van der Waals surface area contributed by atoms with Crippen LogP contribution in [0.15, 0.2) is 12.1 Å². The zero-order valence-electron chi connectivity index (χ0n) is 17.6. The highest BCUT2D eigenvalue weighted by Gasteiger charge is 2.26. The molecule has 1 aliphatic heterocycles. The van der Waals surface area contributed by atoms with Gasteiger partial charge in [-0.3, -0.25) is 0 Å². The molecular formula is C22H33N5. The summed E-state index contributed by atoms with van der Waals surface area (Å²) in [7, 11) is 0. The van der Waals surface area contributed by atoms with Crippen molar-refractivity contribution in [3.05, 3.63) is 34.6 Å². The van der Waals surface area contributed by atoms with Gasteiger partial charge >= 0.3 is 0 Å². The van der Waals surface area contributed by atoms with Crippen molar-refractivity contribution in [2.24, 2.45) is 0 Å². The highest BCUT2D eigenvalue weighted by Crippen LogP contribution is 2.40. The smallest absolute Gasteiger partial charge is 0.162 e. The molecule has 1 aromatic heterocycles. The highest BCUT2D eigenvalue weighted by atomic mass is 15.3. The van der Waals surface area contributed by atoms with Crippen LogP contribution in [0.25, 0.3) is 0 Å². The Morgan fingerprint density at radius 3 is 2.44 bits per heavy atom. The van der Waals surface area contributed by atoms with Gasteiger partial charge in [-0.2, -0.15) is 0 Å². The fraction of sp³-hybridized carbons (Fsp3) is 0.545. The van der Waals surface area contributed by atoms with E-state index in [0.29, 0.717) is 6.04 Å². The van der Waals surface area contributed by atoms with Gasteiger partial charge in [0.1, 0.15) is 11.5 Å². The van der Waals surface area contributed by atoms with Crippen LogP contribution in [0.3, 0.4) is 0 Å². The number of benzene rings is 1. The van der Waals surface area contributed by atoms with Gasteiger partial charge < -0.3 is 15.5 Å². The molecule has 0 saturated carbocycles. The number of nitrogens with one attached hydrogen (secondary N) is 2.